The van der Waals surface area contributed by atoms with Gasteiger partial charge in [0.2, 0.25) is 0 Å². The third-order valence-corrected chi connectivity index (χ3v) is 3.77. The van der Waals surface area contributed by atoms with Gasteiger partial charge in [-0.15, -0.1) is 0 Å². The summed E-state index contributed by atoms with van der Waals surface area (Å²) in [5.74, 6) is -0.215. The van der Waals surface area contributed by atoms with Gasteiger partial charge in [-0.25, -0.2) is 4.68 Å². The lowest BCUT2D eigenvalue weighted by Crippen LogP contribution is -2.37. The summed E-state index contributed by atoms with van der Waals surface area (Å²) in [6.07, 6.45) is 3.06. The van der Waals surface area contributed by atoms with Crippen molar-refractivity contribution in [2.24, 2.45) is 0 Å². The summed E-state index contributed by atoms with van der Waals surface area (Å²) >= 11 is 12.0. The van der Waals surface area contributed by atoms with E-state index in [9.17, 15) is 4.79 Å². The average molecular weight is 328 g/mol. The number of aliphatic hydroxyl groups excluding tert-OH is 1. The summed E-state index contributed by atoms with van der Waals surface area (Å²) in [6, 6.07) is 4.78. The van der Waals surface area contributed by atoms with Gasteiger partial charge in [-0.3, -0.25) is 4.79 Å². The number of hydrogen-bond donors (Lipinski definition) is 1. The van der Waals surface area contributed by atoms with Crippen molar-refractivity contribution >= 4 is 29.1 Å². The molecule has 1 atom stereocenters. The first-order chi connectivity index (χ1) is 9.93. The maximum Gasteiger partial charge on any atom is 0.257 e. The molecule has 7 heteroatoms. The van der Waals surface area contributed by atoms with Crippen LogP contribution < -0.4 is 0 Å². The minimum atomic E-state index is -0.264. The van der Waals surface area contributed by atoms with Crippen molar-refractivity contribution in [2.75, 3.05) is 13.7 Å². The van der Waals surface area contributed by atoms with Crippen LogP contribution in [0, 0.1) is 0 Å². The highest BCUT2D eigenvalue weighted by molar-refractivity contribution is 6.35. The lowest BCUT2D eigenvalue weighted by atomic mass is 10.2. The number of carbonyl (C=O) groups excluding carboxylic acids is 1. The number of carbonyl (C=O) groups is 1. The van der Waals surface area contributed by atoms with E-state index in [0.29, 0.717) is 21.3 Å². The molecule has 0 radical (unpaired) electrons. The van der Waals surface area contributed by atoms with Gasteiger partial charge in [-0.05, 0) is 25.1 Å². The van der Waals surface area contributed by atoms with Crippen LogP contribution in [0.2, 0.25) is 10.0 Å². The fourth-order valence-electron chi connectivity index (χ4n) is 1.76. The molecule has 1 unspecified atom stereocenters. The Morgan fingerprint density at radius 3 is 2.81 bits per heavy atom. The molecular weight excluding hydrogens is 313 g/mol. The molecule has 1 N–H and O–H groups in total. The largest absolute Gasteiger partial charge is 0.394 e. The zero-order valence-electron chi connectivity index (χ0n) is 11.6. The maximum atomic E-state index is 12.2. The molecule has 2 aromatic rings. The lowest BCUT2D eigenvalue weighted by Gasteiger charge is -2.22. The highest BCUT2D eigenvalue weighted by atomic mass is 35.5. The predicted molar refractivity (Wildman–Crippen MR) is 82.2 cm³/mol. The molecule has 1 amide bonds. The molecule has 0 aliphatic heterocycles. The van der Waals surface area contributed by atoms with Crippen molar-refractivity contribution in [1.29, 1.82) is 0 Å². The first kappa shape index (κ1) is 15.8. The first-order valence-electron chi connectivity index (χ1n) is 6.32. The van der Waals surface area contributed by atoms with Gasteiger partial charge in [0.15, 0.2) is 0 Å². The number of nitrogens with zero attached hydrogens (tertiary/aromatic N) is 3. The fraction of sp³-hybridized carbons (Fsp3) is 0.286. The third kappa shape index (κ3) is 3.37. The molecule has 112 valence electrons. The Kier molecular flexibility index (Phi) is 4.88. The van der Waals surface area contributed by atoms with E-state index >= 15 is 0 Å². The molecule has 0 aliphatic rings. The van der Waals surface area contributed by atoms with Gasteiger partial charge in [0.05, 0.1) is 35.1 Å². The molecule has 0 bridgehead atoms. The van der Waals surface area contributed by atoms with Crippen molar-refractivity contribution in [1.82, 2.24) is 14.7 Å². The number of aromatic nitrogens is 2. The topological polar surface area (TPSA) is 58.4 Å². The maximum absolute atomic E-state index is 12.2. The molecule has 1 aromatic heterocycles. The normalized spacial score (nSPS) is 12.2. The van der Waals surface area contributed by atoms with Gasteiger partial charge >= 0.3 is 0 Å². The minimum Gasteiger partial charge on any atom is -0.394 e. The lowest BCUT2D eigenvalue weighted by molar-refractivity contribution is 0.0682. The van der Waals surface area contributed by atoms with E-state index in [1.54, 1.807) is 38.4 Å². The van der Waals surface area contributed by atoms with Gasteiger partial charge in [0.1, 0.15) is 0 Å². The van der Waals surface area contributed by atoms with Crippen molar-refractivity contribution < 1.29 is 9.90 Å². The van der Waals surface area contributed by atoms with Crippen molar-refractivity contribution in [3.63, 3.8) is 0 Å². The summed E-state index contributed by atoms with van der Waals surface area (Å²) in [7, 11) is 1.63. The number of halogens is 2. The minimum absolute atomic E-state index is 0.0978. The van der Waals surface area contributed by atoms with Gasteiger partial charge in [-0.1, -0.05) is 23.2 Å². The summed E-state index contributed by atoms with van der Waals surface area (Å²) in [5, 5.41) is 14.2. The van der Waals surface area contributed by atoms with Crippen molar-refractivity contribution in [3.8, 4) is 5.69 Å². The molecule has 5 nitrogen and oxygen atoms in total. The van der Waals surface area contributed by atoms with Crippen LogP contribution in [0.4, 0.5) is 0 Å². The second kappa shape index (κ2) is 6.47. The Morgan fingerprint density at radius 2 is 2.19 bits per heavy atom. The Labute approximate surface area is 132 Å². The van der Waals surface area contributed by atoms with E-state index in [-0.39, 0.29) is 18.6 Å². The van der Waals surface area contributed by atoms with Crippen LogP contribution in [0.1, 0.15) is 17.3 Å². The van der Waals surface area contributed by atoms with Crippen LogP contribution in [0.5, 0.6) is 0 Å². The second-order valence-electron chi connectivity index (χ2n) is 4.72. The van der Waals surface area contributed by atoms with Gasteiger partial charge in [-0.2, -0.15) is 5.10 Å². The first-order valence-corrected chi connectivity index (χ1v) is 7.07. The van der Waals surface area contributed by atoms with Crippen LogP contribution >= 0.6 is 23.2 Å². The SMILES string of the molecule is CC(CO)N(C)C(=O)c1cnn(-c2ccc(Cl)cc2Cl)c1. The molecule has 0 fully saturated rings. The molecule has 0 spiro atoms. The molecule has 1 heterocycles. The number of aliphatic hydroxyl groups is 1. The van der Waals surface area contributed by atoms with E-state index in [1.165, 1.54) is 15.8 Å². The Hall–Kier alpha value is -1.56. The van der Waals surface area contributed by atoms with Crippen LogP contribution in [0.15, 0.2) is 30.6 Å². The van der Waals surface area contributed by atoms with Crippen molar-refractivity contribution in [2.45, 2.75) is 13.0 Å². The molecule has 2 rings (SSSR count). The standard InChI is InChI=1S/C14H15Cl2N3O2/c1-9(8-20)18(2)14(21)10-6-17-19(7-10)13-4-3-11(15)5-12(13)16/h3-7,9,20H,8H2,1-2H3. The van der Waals surface area contributed by atoms with E-state index in [2.05, 4.69) is 5.10 Å². The molecular formula is C14H15Cl2N3O2. The number of amides is 1. The average Bonchev–Trinajstić information content (AvgIpc) is 2.94. The summed E-state index contributed by atoms with van der Waals surface area (Å²) in [5.41, 5.74) is 1.06. The zero-order valence-corrected chi connectivity index (χ0v) is 13.1. The smallest absolute Gasteiger partial charge is 0.257 e. The van der Waals surface area contributed by atoms with Crippen molar-refractivity contribution in [3.05, 3.63) is 46.2 Å². The van der Waals surface area contributed by atoms with Crippen LogP contribution in [-0.4, -0.2) is 45.4 Å². The van der Waals surface area contributed by atoms with Gasteiger partial charge in [0.25, 0.3) is 5.91 Å². The van der Waals surface area contributed by atoms with Crippen LogP contribution in [0.3, 0.4) is 0 Å². The summed E-state index contributed by atoms with van der Waals surface area (Å²) in [6.45, 7) is 1.66. The quantitative estimate of drug-likeness (QED) is 0.939. The van der Waals surface area contributed by atoms with E-state index < -0.39 is 0 Å². The zero-order chi connectivity index (χ0) is 15.6. The molecule has 0 aliphatic carbocycles. The monoisotopic (exact) mass is 327 g/mol. The van der Waals surface area contributed by atoms with Gasteiger partial charge in [0, 0.05) is 18.3 Å². The molecule has 0 saturated carbocycles. The number of benzene rings is 1. The third-order valence-electron chi connectivity index (χ3n) is 3.23. The van der Waals surface area contributed by atoms with E-state index in [0.717, 1.165) is 0 Å². The second-order valence-corrected chi connectivity index (χ2v) is 5.56. The predicted octanol–water partition coefficient (Wildman–Crippen LogP) is 2.63. The summed E-state index contributed by atoms with van der Waals surface area (Å²) < 4.78 is 1.52. The Morgan fingerprint density at radius 1 is 1.48 bits per heavy atom. The fourth-order valence-corrected chi connectivity index (χ4v) is 2.25. The molecule has 1 aromatic carbocycles. The van der Waals surface area contributed by atoms with Gasteiger partial charge < -0.3 is 10.0 Å². The van der Waals surface area contributed by atoms with Crippen LogP contribution in [-0.2, 0) is 0 Å². The summed E-state index contributed by atoms with van der Waals surface area (Å²) in [4.78, 5) is 13.7. The van der Waals surface area contributed by atoms with Crippen LogP contribution in [0.25, 0.3) is 5.69 Å². The Bertz CT molecular complexity index is 657. The van der Waals surface area contributed by atoms with E-state index in [4.69, 9.17) is 28.3 Å². The highest BCUT2D eigenvalue weighted by Crippen LogP contribution is 2.24. The highest BCUT2D eigenvalue weighted by Gasteiger charge is 2.19. The molecule has 0 saturated heterocycles. The number of rotatable bonds is 4. The number of likely N-dealkylation sites (N-methyl/N-ethyl adjacent to an activating group) is 1. The Balaban J connectivity index is 2.27. The molecule has 21 heavy (non-hydrogen) atoms. The number of hydrogen-bond acceptors (Lipinski definition) is 3. The van der Waals surface area contributed by atoms with E-state index in [1.807, 2.05) is 0 Å².